The molecule has 2 rings (SSSR count). The van der Waals surface area contributed by atoms with Crippen LogP contribution in [0.3, 0.4) is 0 Å². The van der Waals surface area contributed by atoms with Gasteiger partial charge in [-0.05, 0) is 36.4 Å². The van der Waals surface area contributed by atoms with E-state index >= 15 is 0 Å². The number of benzene rings is 1. The van der Waals surface area contributed by atoms with Gasteiger partial charge in [0.05, 0.1) is 0 Å². The summed E-state index contributed by atoms with van der Waals surface area (Å²) in [5, 5.41) is 10.2. The lowest BCUT2D eigenvalue weighted by Gasteiger charge is -2.05. The molecule has 2 aromatic rings. The Morgan fingerprint density at radius 1 is 1.33 bits per heavy atom. The summed E-state index contributed by atoms with van der Waals surface area (Å²) in [5.74, 6) is 1.81. The molecular weight excluding hydrogens is 250 g/mol. The number of hydrogen-bond donors (Lipinski definition) is 2. The molecule has 0 atom stereocenters. The van der Waals surface area contributed by atoms with Crippen molar-refractivity contribution in [3.05, 3.63) is 40.2 Å². The lowest BCUT2D eigenvalue weighted by Crippen LogP contribution is -2.01. The van der Waals surface area contributed by atoms with Crippen LogP contribution in [0.4, 0.5) is 0 Å². The lowest BCUT2D eigenvalue weighted by atomic mass is 10.1. The topological polar surface area (TPSA) is 76.5 Å². The van der Waals surface area contributed by atoms with Gasteiger partial charge in [-0.15, -0.1) is 0 Å². The number of hydrogen-bond acceptors (Lipinski definition) is 5. The van der Waals surface area contributed by atoms with Gasteiger partial charge in [0, 0.05) is 23.3 Å². The van der Waals surface area contributed by atoms with E-state index in [0.29, 0.717) is 12.1 Å². The fourth-order valence-corrected chi connectivity index (χ4v) is 2.68. The Morgan fingerprint density at radius 2 is 2.17 bits per heavy atom. The van der Waals surface area contributed by atoms with Crippen molar-refractivity contribution in [2.45, 2.75) is 12.2 Å². The first-order valence-corrected chi connectivity index (χ1v) is 6.90. The second-order valence-electron chi connectivity index (χ2n) is 3.97. The third kappa shape index (κ3) is 3.05. The average Bonchev–Trinajstić information content (AvgIpc) is 2.33. The zero-order valence-corrected chi connectivity index (χ0v) is 10.7. The summed E-state index contributed by atoms with van der Waals surface area (Å²) in [5.41, 5.74) is 6.41. The fraction of sp³-hybridized carbons (Fsp3) is 0.308. The van der Waals surface area contributed by atoms with E-state index in [1.165, 1.54) is 12.1 Å². The Balaban J connectivity index is 2.28. The molecule has 0 saturated carbocycles. The van der Waals surface area contributed by atoms with Gasteiger partial charge in [0.15, 0.2) is 0 Å². The van der Waals surface area contributed by atoms with Crippen LogP contribution in [0, 0.1) is 0 Å². The van der Waals surface area contributed by atoms with Crippen molar-refractivity contribution >= 4 is 22.7 Å². The molecule has 5 heteroatoms. The first-order valence-electron chi connectivity index (χ1n) is 5.74. The van der Waals surface area contributed by atoms with Crippen molar-refractivity contribution in [3.8, 4) is 5.75 Å². The molecule has 4 nitrogen and oxygen atoms in total. The molecule has 3 N–H and O–H groups in total. The predicted molar refractivity (Wildman–Crippen MR) is 74.0 cm³/mol. The monoisotopic (exact) mass is 265 g/mol. The van der Waals surface area contributed by atoms with E-state index in [2.05, 4.69) is 0 Å². The molecule has 1 aromatic carbocycles. The Hall–Kier alpha value is -1.46. The van der Waals surface area contributed by atoms with Crippen LogP contribution in [-0.4, -0.2) is 17.4 Å². The third-order valence-electron chi connectivity index (χ3n) is 2.56. The fourth-order valence-electron chi connectivity index (χ4n) is 1.71. The highest BCUT2D eigenvalue weighted by Crippen LogP contribution is 2.24. The second kappa shape index (κ2) is 5.93. The van der Waals surface area contributed by atoms with E-state index in [1.807, 2.05) is 0 Å². The SMILES string of the molecule is NCCCSCc1cc(=O)oc2cc(O)ccc12. The van der Waals surface area contributed by atoms with Crippen molar-refractivity contribution in [2.24, 2.45) is 5.73 Å². The number of thioether (sulfide) groups is 1. The number of nitrogens with two attached hydrogens (primary N) is 1. The summed E-state index contributed by atoms with van der Waals surface area (Å²) < 4.78 is 5.07. The van der Waals surface area contributed by atoms with E-state index in [0.717, 1.165) is 28.9 Å². The van der Waals surface area contributed by atoms with Gasteiger partial charge in [0.25, 0.3) is 0 Å². The highest BCUT2D eigenvalue weighted by atomic mass is 32.2. The van der Waals surface area contributed by atoms with Crippen LogP contribution >= 0.6 is 11.8 Å². The van der Waals surface area contributed by atoms with Crippen molar-refractivity contribution in [1.82, 2.24) is 0 Å². The van der Waals surface area contributed by atoms with Crippen LogP contribution < -0.4 is 11.4 Å². The number of rotatable bonds is 5. The molecule has 0 saturated heterocycles. The van der Waals surface area contributed by atoms with Crippen LogP contribution in [0.5, 0.6) is 5.75 Å². The Labute approximate surface area is 109 Å². The van der Waals surface area contributed by atoms with Crippen LogP contribution in [0.1, 0.15) is 12.0 Å². The maximum atomic E-state index is 11.4. The summed E-state index contributed by atoms with van der Waals surface area (Å²) in [6, 6.07) is 6.34. The quantitative estimate of drug-likeness (QED) is 0.639. The molecule has 0 fully saturated rings. The lowest BCUT2D eigenvalue weighted by molar-refractivity contribution is 0.473. The molecule has 0 amide bonds. The maximum absolute atomic E-state index is 11.4. The molecular formula is C13H15NO3S. The second-order valence-corrected chi connectivity index (χ2v) is 5.07. The minimum Gasteiger partial charge on any atom is -0.508 e. The summed E-state index contributed by atoms with van der Waals surface area (Å²) in [6.07, 6.45) is 0.963. The zero-order valence-electron chi connectivity index (χ0n) is 9.89. The van der Waals surface area contributed by atoms with Crippen LogP contribution in [-0.2, 0) is 5.75 Å². The first kappa shape index (κ1) is 13.0. The largest absolute Gasteiger partial charge is 0.508 e. The normalized spacial score (nSPS) is 10.9. The molecule has 0 spiro atoms. The zero-order chi connectivity index (χ0) is 13.0. The molecule has 0 aliphatic carbocycles. The van der Waals surface area contributed by atoms with E-state index < -0.39 is 0 Å². The van der Waals surface area contributed by atoms with Crippen LogP contribution in [0.2, 0.25) is 0 Å². The number of aromatic hydroxyl groups is 1. The molecule has 0 radical (unpaired) electrons. The third-order valence-corrected chi connectivity index (χ3v) is 3.66. The number of fused-ring (bicyclic) bond motifs is 1. The van der Waals surface area contributed by atoms with Gasteiger partial charge in [-0.25, -0.2) is 4.79 Å². The molecule has 1 heterocycles. The highest BCUT2D eigenvalue weighted by Gasteiger charge is 2.06. The van der Waals surface area contributed by atoms with Crippen molar-refractivity contribution in [2.75, 3.05) is 12.3 Å². The Morgan fingerprint density at radius 3 is 2.94 bits per heavy atom. The van der Waals surface area contributed by atoms with Crippen molar-refractivity contribution in [3.63, 3.8) is 0 Å². The summed E-state index contributed by atoms with van der Waals surface area (Å²) in [4.78, 5) is 11.4. The van der Waals surface area contributed by atoms with Gasteiger partial charge in [-0.2, -0.15) is 11.8 Å². The van der Waals surface area contributed by atoms with E-state index in [4.69, 9.17) is 10.2 Å². The predicted octanol–water partition coefficient (Wildman–Crippen LogP) is 2.08. The van der Waals surface area contributed by atoms with Crippen molar-refractivity contribution in [1.29, 1.82) is 0 Å². The van der Waals surface area contributed by atoms with E-state index in [1.54, 1.807) is 23.9 Å². The Kier molecular flexibility index (Phi) is 4.28. The summed E-state index contributed by atoms with van der Waals surface area (Å²) in [7, 11) is 0. The van der Waals surface area contributed by atoms with Gasteiger partial charge in [-0.1, -0.05) is 0 Å². The van der Waals surface area contributed by atoms with Gasteiger partial charge < -0.3 is 15.3 Å². The molecule has 18 heavy (non-hydrogen) atoms. The van der Waals surface area contributed by atoms with Gasteiger partial charge >= 0.3 is 5.63 Å². The molecule has 1 aromatic heterocycles. The molecule has 0 bridgehead atoms. The Bertz CT molecular complexity index is 594. The minimum absolute atomic E-state index is 0.0959. The van der Waals surface area contributed by atoms with Crippen molar-refractivity contribution < 1.29 is 9.52 Å². The van der Waals surface area contributed by atoms with Gasteiger partial charge in [0.2, 0.25) is 0 Å². The van der Waals surface area contributed by atoms with Crippen LogP contribution in [0.15, 0.2) is 33.5 Å². The smallest absolute Gasteiger partial charge is 0.336 e. The highest BCUT2D eigenvalue weighted by molar-refractivity contribution is 7.98. The molecule has 0 unspecified atom stereocenters. The van der Waals surface area contributed by atoms with Crippen LogP contribution in [0.25, 0.3) is 11.0 Å². The molecule has 0 aliphatic heterocycles. The molecule has 96 valence electrons. The van der Waals surface area contributed by atoms with Gasteiger partial charge in [-0.3, -0.25) is 0 Å². The average molecular weight is 265 g/mol. The maximum Gasteiger partial charge on any atom is 0.336 e. The van der Waals surface area contributed by atoms with E-state index in [9.17, 15) is 9.90 Å². The molecule has 0 aliphatic rings. The van der Waals surface area contributed by atoms with E-state index in [-0.39, 0.29) is 11.4 Å². The number of phenolic OH excluding ortho intramolecular Hbond substituents is 1. The number of phenols is 1. The summed E-state index contributed by atoms with van der Waals surface area (Å²) in [6.45, 7) is 0.679. The van der Waals surface area contributed by atoms with Gasteiger partial charge in [0.1, 0.15) is 11.3 Å². The standard InChI is InChI=1S/C13H15NO3S/c14-4-1-5-18-8-9-6-13(16)17-12-7-10(15)2-3-11(9)12/h2-3,6-7,15H,1,4-5,8,14H2. The summed E-state index contributed by atoms with van der Waals surface area (Å²) >= 11 is 1.74. The minimum atomic E-state index is -0.387. The first-order chi connectivity index (χ1) is 8.70.